The molecule has 8 nitrogen and oxygen atoms in total. The maximum absolute atomic E-state index is 12.1. The van der Waals surface area contributed by atoms with Crippen molar-refractivity contribution in [2.75, 3.05) is 19.8 Å². The van der Waals surface area contributed by atoms with Gasteiger partial charge in [0.1, 0.15) is 0 Å². The molecule has 2 rings (SSSR count). The van der Waals surface area contributed by atoms with Gasteiger partial charge in [-0.1, -0.05) is 6.58 Å². The van der Waals surface area contributed by atoms with Crippen molar-refractivity contribution in [2.45, 2.75) is 63.6 Å². The van der Waals surface area contributed by atoms with Crippen molar-refractivity contribution in [3.63, 3.8) is 0 Å². The summed E-state index contributed by atoms with van der Waals surface area (Å²) in [4.78, 5) is 33.9. The topological polar surface area (TPSA) is 119 Å². The lowest BCUT2D eigenvalue weighted by Gasteiger charge is -2.42. The van der Waals surface area contributed by atoms with E-state index in [1.807, 2.05) is 0 Å². The molecule has 28 heavy (non-hydrogen) atoms. The normalized spacial score (nSPS) is 20.4. The Morgan fingerprint density at radius 1 is 1.14 bits per heavy atom. The first kappa shape index (κ1) is 22.4. The molecule has 0 bridgehead atoms. The lowest BCUT2D eigenvalue weighted by molar-refractivity contribution is -0.283. The number of carboxylic acids is 2. The fourth-order valence-corrected chi connectivity index (χ4v) is 3.72. The molecule has 0 aromatic rings. The van der Waals surface area contributed by atoms with Crippen LogP contribution in [0, 0.1) is 11.8 Å². The lowest BCUT2D eigenvalue weighted by atomic mass is 9.83. The van der Waals surface area contributed by atoms with E-state index in [2.05, 4.69) is 6.58 Å². The van der Waals surface area contributed by atoms with Gasteiger partial charge in [0.15, 0.2) is 5.79 Å². The summed E-state index contributed by atoms with van der Waals surface area (Å²) in [6.45, 7) is 5.35. The van der Waals surface area contributed by atoms with E-state index in [4.69, 9.17) is 24.4 Å². The molecule has 2 fully saturated rings. The molecule has 0 radical (unpaired) electrons. The maximum Gasteiger partial charge on any atom is 0.333 e. The highest BCUT2D eigenvalue weighted by Gasteiger charge is 2.38. The molecular formula is C20H30O8. The smallest absolute Gasteiger partial charge is 0.333 e. The predicted octanol–water partition coefficient (Wildman–Crippen LogP) is 2.76. The summed E-state index contributed by atoms with van der Waals surface area (Å²) in [6, 6.07) is 0. The standard InChI is InChI=1S/C20H30O8/c1-14(13-16(18(23)24)3-4-17(21)22)19(25)26-12-7-15-5-8-20(9-6-15)27-10-2-11-28-20/h15-16H,1-13H2,(H,21,22)(H,23,24). The molecule has 0 aromatic heterocycles. The minimum atomic E-state index is -1.14. The van der Waals surface area contributed by atoms with E-state index in [1.165, 1.54) is 0 Å². The van der Waals surface area contributed by atoms with Crippen molar-refractivity contribution in [3.8, 4) is 0 Å². The van der Waals surface area contributed by atoms with E-state index >= 15 is 0 Å². The van der Waals surface area contributed by atoms with Gasteiger partial charge in [0.25, 0.3) is 0 Å². The summed E-state index contributed by atoms with van der Waals surface area (Å²) in [5.74, 6) is -3.77. The lowest BCUT2D eigenvalue weighted by Crippen LogP contribution is -2.43. The molecule has 1 saturated carbocycles. The summed E-state index contributed by atoms with van der Waals surface area (Å²) in [5.41, 5.74) is 0.0596. The zero-order valence-electron chi connectivity index (χ0n) is 16.2. The van der Waals surface area contributed by atoms with Crippen LogP contribution < -0.4 is 0 Å². The van der Waals surface area contributed by atoms with Crippen LogP contribution in [0.4, 0.5) is 0 Å². The molecule has 1 atom stereocenters. The molecule has 1 unspecified atom stereocenters. The van der Waals surface area contributed by atoms with Gasteiger partial charge in [-0.3, -0.25) is 9.59 Å². The predicted molar refractivity (Wildman–Crippen MR) is 98.5 cm³/mol. The third-order valence-electron chi connectivity index (χ3n) is 5.48. The number of ether oxygens (including phenoxy) is 3. The van der Waals surface area contributed by atoms with Crippen LogP contribution in [0.5, 0.6) is 0 Å². The Hall–Kier alpha value is -1.93. The van der Waals surface area contributed by atoms with Crippen molar-refractivity contribution in [1.29, 1.82) is 0 Å². The Morgan fingerprint density at radius 3 is 2.36 bits per heavy atom. The van der Waals surface area contributed by atoms with Gasteiger partial charge >= 0.3 is 17.9 Å². The highest BCUT2D eigenvalue weighted by Crippen LogP contribution is 2.38. The SMILES string of the molecule is C=C(CC(CCC(=O)O)C(=O)O)C(=O)OCCC1CCC2(CC1)OCCCO2. The highest BCUT2D eigenvalue weighted by molar-refractivity contribution is 5.88. The van der Waals surface area contributed by atoms with Gasteiger partial charge in [-0.05, 0) is 44.4 Å². The molecule has 1 aliphatic heterocycles. The third-order valence-corrected chi connectivity index (χ3v) is 5.48. The van der Waals surface area contributed by atoms with Gasteiger partial charge in [-0.2, -0.15) is 0 Å². The second-order valence-electron chi connectivity index (χ2n) is 7.60. The molecule has 8 heteroatoms. The molecule has 1 spiro atoms. The Balaban J connectivity index is 1.66. The largest absolute Gasteiger partial charge is 0.481 e. The van der Waals surface area contributed by atoms with Crippen LogP contribution in [-0.4, -0.2) is 53.7 Å². The van der Waals surface area contributed by atoms with Crippen LogP contribution in [0.25, 0.3) is 0 Å². The first-order valence-electron chi connectivity index (χ1n) is 9.89. The number of esters is 1. The third kappa shape index (κ3) is 6.91. The molecule has 158 valence electrons. The number of carbonyl (C=O) groups is 3. The number of carboxylic acid groups (broad SMARTS) is 2. The van der Waals surface area contributed by atoms with Gasteiger partial charge in [0.2, 0.25) is 0 Å². The van der Waals surface area contributed by atoms with Crippen LogP contribution in [0.2, 0.25) is 0 Å². The average Bonchev–Trinajstić information content (AvgIpc) is 2.66. The molecule has 2 N–H and O–H groups in total. The van der Waals surface area contributed by atoms with Crippen molar-refractivity contribution >= 4 is 17.9 Å². The first-order valence-corrected chi connectivity index (χ1v) is 9.89. The van der Waals surface area contributed by atoms with Gasteiger partial charge < -0.3 is 24.4 Å². The minimum absolute atomic E-state index is 0.0507. The molecule has 1 saturated heterocycles. The quantitative estimate of drug-likeness (QED) is 0.426. The molecule has 2 aliphatic rings. The van der Waals surface area contributed by atoms with Crippen LogP contribution in [0.15, 0.2) is 12.2 Å². The number of hydrogen-bond donors (Lipinski definition) is 2. The van der Waals surface area contributed by atoms with Crippen molar-refractivity contribution in [1.82, 2.24) is 0 Å². The van der Waals surface area contributed by atoms with Crippen molar-refractivity contribution in [2.24, 2.45) is 11.8 Å². The molecule has 1 aliphatic carbocycles. The average molecular weight is 398 g/mol. The zero-order chi connectivity index (χ0) is 20.6. The summed E-state index contributed by atoms with van der Waals surface area (Å²) < 4.78 is 16.9. The van der Waals surface area contributed by atoms with Crippen LogP contribution >= 0.6 is 0 Å². The fourth-order valence-electron chi connectivity index (χ4n) is 3.72. The Morgan fingerprint density at radius 2 is 1.79 bits per heavy atom. The summed E-state index contributed by atoms with van der Waals surface area (Å²) >= 11 is 0. The highest BCUT2D eigenvalue weighted by atomic mass is 16.7. The first-order chi connectivity index (χ1) is 13.3. The van der Waals surface area contributed by atoms with Gasteiger partial charge in [0.05, 0.1) is 25.7 Å². The molecule has 0 aromatic carbocycles. The van der Waals surface area contributed by atoms with Crippen LogP contribution in [0.3, 0.4) is 0 Å². The van der Waals surface area contributed by atoms with E-state index in [-0.39, 0.29) is 31.4 Å². The van der Waals surface area contributed by atoms with Gasteiger partial charge in [0, 0.05) is 24.8 Å². The number of carbonyl (C=O) groups excluding carboxylic acids is 1. The molecule has 0 amide bonds. The van der Waals surface area contributed by atoms with Crippen molar-refractivity contribution in [3.05, 3.63) is 12.2 Å². The van der Waals surface area contributed by atoms with Crippen LogP contribution in [-0.2, 0) is 28.6 Å². The van der Waals surface area contributed by atoms with E-state index in [1.54, 1.807) is 0 Å². The molecular weight excluding hydrogens is 368 g/mol. The Kier molecular flexibility index (Phi) is 8.44. The monoisotopic (exact) mass is 398 g/mol. The Labute approximate surface area is 164 Å². The Bertz CT molecular complexity index is 569. The van der Waals surface area contributed by atoms with Crippen molar-refractivity contribution < 1.29 is 38.8 Å². The summed E-state index contributed by atoms with van der Waals surface area (Å²) in [5, 5.41) is 17.8. The molecule has 1 heterocycles. The van der Waals surface area contributed by atoms with E-state index < -0.39 is 29.6 Å². The fraction of sp³-hybridized carbons (Fsp3) is 0.750. The van der Waals surface area contributed by atoms with Crippen LogP contribution in [0.1, 0.15) is 57.8 Å². The van der Waals surface area contributed by atoms with Gasteiger partial charge in [-0.25, -0.2) is 4.79 Å². The summed E-state index contributed by atoms with van der Waals surface area (Å²) in [7, 11) is 0. The summed E-state index contributed by atoms with van der Waals surface area (Å²) in [6.07, 6.45) is 4.84. The van der Waals surface area contributed by atoms with Gasteiger partial charge in [-0.15, -0.1) is 0 Å². The van der Waals surface area contributed by atoms with E-state index in [9.17, 15) is 14.4 Å². The number of hydrogen-bond acceptors (Lipinski definition) is 6. The zero-order valence-corrected chi connectivity index (χ0v) is 16.2. The maximum atomic E-state index is 12.1. The number of rotatable bonds is 10. The van der Waals surface area contributed by atoms with E-state index in [0.29, 0.717) is 5.92 Å². The second-order valence-corrected chi connectivity index (χ2v) is 7.60. The second kappa shape index (κ2) is 10.6. The number of aliphatic carboxylic acids is 2. The van der Waals surface area contributed by atoms with E-state index in [0.717, 1.165) is 51.7 Å². The minimum Gasteiger partial charge on any atom is -0.481 e.